The fourth-order valence-corrected chi connectivity index (χ4v) is 3.41. The van der Waals surface area contributed by atoms with Gasteiger partial charge in [-0.05, 0) is 30.4 Å². The van der Waals surface area contributed by atoms with Crippen molar-refractivity contribution in [3.8, 4) is 0 Å². The monoisotopic (exact) mass is 299 g/mol. The smallest absolute Gasteiger partial charge is 0.193 e. The van der Waals surface area contributed by atoms with Gasteiger partial charge in [0.25, 0.3) is 0 Å². The number of guanidine groups is 1. The van der Waals surface area contributed by atoms with Crippen LogP contribution in [0, 0.1) is 11.8 Å². The number of hydrogen-bond donors (Lipinski definition) is 1. The quantitative estimate of drug-likeness (QED) is 0.684. The van der Waals surface area contributed by atoms with Crippen molar-refractivity contribution in [2.45, 2.75) is 26.8 Å². The number of nitrogens with zero attached hydrogens (tertiary/aromatic N) is 4. The average Bonchev–Trinajstić information content (AvgIpc) is 2.89. The Hall–Kier alpha value is -2.04. The van der Waals surface area contributed by atoms with Crippen LogP contribution in [0.3, 0.4) is 0 Å². The van der Waals surface area contributed by atoms with Crippen LogP contribution in [0.4, 0.5) is 0 Å². The van der Waals surface area contributed by atoms with Crippen molar-refractivity contribution in [1.29, 1.82) is 0 Å². The van der Waals surface area contributed by atoms with Crippen LogP contribution in [0.2, 0.25) is 0 Å². The minimum atomic E-state index is 0.702. The van der Waals surface area contributed by atoms with Gasteiger partial charge < -0.3 is 14.6 Å². The molecule has 0 amide bonds. The Morgan fingerprint density at radius 2 is 2.09 bits per heavy atom. The normalized spacial score (nSPS) is 23.0. The lowest BCUT2D eigenvalue weighted by atomic mass is 9.92. The number of fused-ring (bicyclic) bond motifs is 1. The summed E-state index contributed by atoms with van der Waals surface area (Å²) in [6, 6.07) is 6.04. The van der Waals surface area contributed by atoms with Crippen molar-refractivity contribution >= 4 is 11.6 Å². The molecule has 1 saturated heterocycles. The second kappa shape index (κ2) is 6.38. The molecule has 1 aliphatic heterocycles. The van der Waals surface area contributed by atoms with Crippen LogP contribution in [0.25, 0.3) is 5.65 Å². The van der Waals surface area contributed by atoms with Gasteiger partial charge in [-0.3, -0.25) is 4.99 Å². The molecular weight excluding hydrogens is 274 g/mol. The number of likely N-dealkylation sites (tertiary alicyclic amines) is 1. The Morgan fingerprint density at radius 1 is 1.32 bits per heavy atom. The molecule has 0 radical (unpaired) electrons. The van der Waals surface area contributed by atoms with Crippen LogP contribution in [-0.2, 0) is 6.54 Å². The van der Waals surface area contributed by atoms with E-state index >= 15 is 0 Å². The van der Waals surface area contributed by atoms with Crippen LogP contribution in [0.15, 0.2) is 35.6 Å². The minimum absolute atomic E-state index is 0.702. The molecule has 1 N–H and O–H groups in total. The fourth-order valence-electron chi connectivity index (χ4n) is 3.41. The van der Waals surface area contributed by atoms with Crippen LogP contribution in [0.5, 0.6) is 0 Å². The molecule has 2 aromatic heterocycles. The van der Waals surface area contributed by atoms with Gasteiger partial charge >= 0.3 is 0 Å². The second-order valence-corrected chi connectivity index (χ2v) is 6.45. The Labute approximate surface area is 132 Å². The molecule has 22 heavy (non-hydrogen) atoms. The van der Waals surface area contributed by atoms with Crippen molar-refractivity contribution in [2.24, 2.45) is 16.8 Å². The third-order valence-corrected chi connectivity index (χ3v) is 4.22. The van der Waals surface area contributed by atoms with E-state index in [9.17, 15) is 0 Å². The van der Waals surface area contributed by atoms with E-state index in [0.29, 0.717) is 6.54 Å². The highest BCUT2D eigenvalue weighted by molar-refractivity contribution is 5.80. The average molecular weight is 299 g/mol. The summed E-state index contributed by atoms with van der Waals surface area (Å²) in [4.78, 5) is 11.4. The number of hydrogen-bond acceptors (Lipinski definition) is 2. The number of piperidine rings is 1. The molecule has 3 rings (SSSR count). The van der Waals surface area contributed by atoms with Gasteiger partial charge in [0.05, 0.1) is 12.2 Å². The molecule has 5 heteroatoms. The summed E-state index contributed by atoms with van der Waals surface area (Å²) in [7, 11) is 1.86. The minimum Gasteiger partial charge on any atom is -0.351 e. The number of nitrogens with one attached hydrogen (secondary N) is 1. The van der Waals surface area contributed by atoms with E-state index < -0.39 is 0 Å². The first-order chi connectivity index (χ1) is 10.7. The molecule has 118 valence electrons. The summed E-state index contributed by atoms with van der Waals surface area (Å²) in [5, 5.41) is 3.46. The first kappa shape index (κ1) is 14.9. The van der Waals surface area contributed by atoms with Crippen LogP contribution >= 0.6 is 0 Å². The lowest BCUT2D eigenvalue weighted by Crippen LogP contribution is -2.48. The third-order valence-electron chi connectivity index (χ3n) is 4.22. The zero-order chi connectivity index (χ0) is 15.5. The lowest BCUT2D eigenvalue weighted by molar-refractivity contribution is 0.208. The number of aliphatic imine (C=N–C) groups is 1. The molecule has 2 atom stereocenters. The van der Waals surface area contributed by atoms with E-state index in [0.717, 1.165) is 42.2 Å². The van der Waals surface area contributed by atoms with Gasteiger partial charge in [0.2, 0.25) is 0 Å². The molecule has 2 aromatic rings. The maximum atomic E-state index is 4.62. The van der Waals surface area contributed by atoms with E-state index in [1.54, 1.807) is 0 Å². The predicted octanol–water partition coefficient (Wildman–Crippen LogP) is 2.39. The van der Waals surface area contributed by atoms with Gasteiger partial charge in [0.1, 0.15) is 5.65 Å². The van der Waals surface area contributed by atoms with Crippen LogP contribution in [0.1, 0.15) is 26.0 Å². The summed E-state index contributed by atoms with van der Waals surface area (Å²) in [5.41, 5.74) is 2.01. The Kier molecular flexibility index (Phi) is 4.32. The lowest BCUT2D eigenvalue weighted by Gasteiger charge is -2.37. The van der Waals surface area contributed by atoms with Gasteiger partial charge in [0.15, 0.2) is 5.96 Å². The first-order valence-electron chi connectivity index (χ1n) is 8.04. The van der Waals surface area contributed by atoms with Crippen molar-refractivity contribution in [3.05, 3.63) is 36.3 Å². The van der Waals surface area contributed by atoms with Crippen molar-refractivity contribution in [1.82, 2.24) is 19.6 Å². The van der Waals surface area contributed by atoms with Gasteiger partial charge in [-0.25, -0.2) is 4.98 Å². The molecule has 0 bridgehead atoms. The van der Waals surface area contributed by atoms with Crippen LogP contribution < -0.4 is 5.32 Å². The molecule has 5 nitrogen and oxygen atoms in total. The van der Waals surface area contributed by atoms with E-state index in [2.05, 4.69) is 40.2 Å². The van der Waals surface area contributed by atoms with E-state index in [-0.39, 0.29) is 0 Å². The molecule has 1 aliphatic rings. The van der Waals surface area contributed by atoms with E-state index in [1.165, 1.54) is 6.42 Å². The van der Waals surface area contributed by atoms with Gasteiger partial charge in [-0.2, -0.15) is 0 Å². The number of pyridine rings is 1. The zero-order valence-corrected chi connectivity index (χ0v) is 13.7. The SMILES string of the molecule is CN=C(NCc1cn2ccccc2n1)N1CC(C)CC(C)C1. The highest BCUT2D eigenvalue weighted by Gasteiger charge is 2.23. The molecule has 0 spiro atoms. The molecular formula is C17H25N5. The summed E-state index contributed by atoms with van der Waals surface area (Å²) < 4.78 is 2.05. The molecule has 0 aliphatic carbocycles. The van der Waals surface area contributed by atoms with E-state index in [4.69, 9.17) is 0 Å². The molecule has 3 heterocycles. The second-order valence-electron chi connectivity index (χ2n) is 6.45. The Morgan fingerprint density at radius 3 is 2.77 bits per heavy atom. The van der Waals surface area contributed by atoms with Crippen molar-refractivity contribution < 1.29 is 0 Å². The topological polar surface area (TPSA) is 44.9 Å². The summed E-state index contributed by atoms with van der Waals surface area (Å²) in [6.07, 6.45) is 5.39. The largest absolute Gasteiger partial charge is 0.351 e. The molecule has 1 fully saturated rings. The van der Waals surface area contributed by atoms with Crippen LogP contribution in [-0.4, -0.2) is 40.4 Å². The zero-order valence-electron chi connectivity index (χ0n) is 13.7. The fraction of sp³-hybridized carbons (Fsp3) is 0.529. The van der Waals surface area contributed by atoms with Gasteiger partial charge in [-0.15, -0.1) is 0 Å². The third kappa shape index (κ3) is 3.24. The maximum absolute atomic E-state index is 4.62. The molecule has 0 aromatic carbocycles. The maximum Gasteiger partial charge on any atom is 0.193 e. The molecule has 2 unspecified atom stereocenters. The van der Waals surface area contributed by atoms with Crippen molar-refractivity contribution in [2.75, 3.05) is 20.1 Å². The Bertz CT molecular complexity index is 617. The number of imidazole rings is 1. The first-order valence-corrected chi connectivity index (χ1v) is 8.04. The number of aromatic nitrogens is 2. The molecule has 0 saturated carbocycles. The summed E-state index contributed by atoms with van der Waals surface area (Å²) in [6.45, 7) is 7.49. The summed E-state index contributed by atoms with van der Waals surface area (Å²) in [5.74, 6) is 2.42. The highest BCUT2D eigenvalue weighted by Crippen LogP contribution is 2.20. The van der Waals surface area contributed by atoms with E-state index in [1.807, 2.05) is 35.8 Å². The van der Waals surface area contributed by atoms with Gasteiger partial charge in [-0.1, -0.05) is 19.9 Å². The standard InChI is InChI=1S/C17H25N5/c1-13-8-14(2)11-22(10-13)17(18-3)19-9-15-12-21-7-5-4-6-16(21)20-15/h4-7,12-14H,8-11H2,1-3H3,(H,18,19). The highest BCUT2D eigenvalue weighted by atomic mass is 15.3. The summed E-state index contributed by atoms with van der Waals surface area (Å²) >= 11 is 0. The predicted molar refractivity (Wildman–Crippen MR) is 89.9 cm³/mol. The number of rotatable bonds is 2. The van der Waals surface area contributed by atoms with Gasteiger partial charge in [0, 0.05) is 32.5 Å². The van der Waals surface area contributed by atoms with Crippen molar-refractivity contribution in [3.63, 3.8) is 0 Å². The Balaban J connectivity index is 1.65.